The number of halogens is 1. The first-order valence-corrected chi connectivity index (χ1v) is 11.0. The molecule has 7 nitrogen and oxygen atoms in total. The summed E-state index contributed by atoms with van der Waals surface area (Å²) in [5.74, 6) is -0.262. The van der Waals surface area contributed by atoms with Gasteiger partial charge in [0, 0.05) is 34.6 Å². The fourth-order valence-electron chi connectivity index (χ4n) is 4.09. The van der Waals surface area contributed by atoms with Crippen LogP contribution in [0.25, 0.3) is 22.3 Å². The lowest BCUT2D eigenvalue weighted by atomic mass is 10.0. The van der Waals surface area contributed by atoms with E-state index in [1.54, 1.807) is 20.0 Å². The normalized spacial score (nSPS) is 11.0. The second-order valence-corrected chi connectivity index (χ2v) is 8.45. The highest BCUT2D eigenvalue weighted by molar-refractivity contribution is 6.31. The maximum atomic E-state index is 12.7. The highest BCUT2D eigenvalue weighted by atomic mass is 35.5. The van der Waals surface area contributed by atoms with Crippen LogP contribution in [-0.4, -0.2) is 20.8 Å². The highest BCUT2D eigenvalue weighted by Gasteiger charge is 2.20. The summed E-state index contributed by atoms with van der Waals surface area (Å²) < 4.78 is 0. The van der Waals surface area contributed by atoms with E-state index in [1.807, 2.05) is 42.5 Å². The van der Waals surface area contributed by atoms with Crippen molar-refractivity contribution in [1.82, 2.24) is 9.97 Å². The predicted octanol–water partition coefficient (Wildman–Crippen LogP) is 6.37. The van der Waals surface area contributed by atoms with Crippen molar-refractivity contribution in [3.63, 3.8) is 0 Å². The van der Waals surface area contributed by atoms with E-state index in [4.69, 9.17) is 11.6 Å². The van der Waals surface area contributed by atoms with Gasteiger partial charge in [-0.05, 0) is 73.7 Å². The molecule has 0 saturated carbocycles. The molecule has 8 heteroatoms. The van der Waals surface area contributed by atoms with Crippen molar-refractivity contribution >= 4 is 39.8 Å². The van der Waals surface area contributed by atoms with Crippen LogP contribution in [0.2, 0.25) is 5.02 Å². The number of amides is 1. The number of carbonyl (C=O) groups excluding carboxylic acids is 1. The second-order valence-electron chi connectivity index (χ2n) is 8.02. The van der Waals surface area contributed by atoms with Gasteiger partial charge in [-0.25, -0.2) is 0 Å². The number of hydrogen-bond donors (Lipinski definition) is 2. The Balaban J connectivity index is 1.54. The Morgan fingerprint density at radius 3 is 2.73 bits per heavy atom. The largest absolute Gasteiger partial charge is 0.353 e. The Hall–Kier alpha value is -3.71. The van der Waals surface area contributed by atoms with Crippen molar-refractivity contribution in [1.29, 1.82) is 0 Å². The molecule has 0 aliphatic rings. The molecule has 4 aromatic rings. The number of aryl methyl sites for hydroxylation is 3. The zero-order chi connectivity index (χ0) is 23.5. The maximum absolute atomic E-state index is 12.7. The molecule has 0 aliphatic carbocycles. The molecule has 2 aromatic heterocycles. The van der Waals surface area contributed by atoms with E-state index in [1.165, 1.54) is 6.07 Å². The summed E-state index contributed by atoms with van der Waals surface area (Å²) in [4.78, 5) is 31.5. The Kier molecular flexibility index (Phi) is 6.42. The first-order chi connectivity index (χ1) is 15.8. The number of aromatic amines is 1. The van der Waals surface area contributed by atoms with Gasteiger partial charge in [0.2, 0.25) is 5.91 Å². The van der Waals surface area contributed by atoms with Crippen molar-refractivity contribution in [2.45, 2.75) is 33.1 Å². The number of nitrogens with zero attached hydrogens (tertiary/aromatic N) is 2. The molecular weight excluding hydrogens is 440 g/mol. The van der Waals surface area contributed by atoms with Gasteiger partial charge in [0.05, 0.1) is 16.3 Å². The first-order valence-electron chi connectivity index (χ1n) is 10.6. The number of rotatable bonds is 7. The van der Waals surface area contributed by atoms with Crippen LogP contribution in [-0.2, 0) is 11.2 Å². The number of nitrogens with one attached hydrogen (secondary N) is 2. The van der Waals surface area contributed by atoms with Crippen LogP contribution >= 0.6 is 11.6 Å². The number of pyridine rings is 1. The van der Waals surface area contributed by atoms with Crippen molar-refractivity contribution < 1.29 is 9.72 Å². The summed E-state index contributed by atoms with van der Waals surface area (Å²) in [7, 11) is 0. The fraction of sp³-hybridized carbons (Fsp3) is 0.200. The number of carbonyl (C=O) groups is 1. The number of hydrogen-bond acceptors (Lipinski definition) is 4. The molecule has 33 heavy (non-hydrogen) atoms. The van der Waals surface area contributed by atoms with Gasteiger partial charge < -0.3 is 10.3 Å². The first kappa shape index (κ1) is 22.5. The van der Waals surface area contributed by atoms with E-state index >= 15 is 0 Å². The smallest absolute Gasteiger partial charge is 0.293 e. The average molecular weight is 463 g/mol. The summed E-state index contributed by atoms with van der Waals surface area (Å²) in [6, 6.07) is 14.7. The Labute approximate surface area is 196 Å². The molecule has 0 fully saturated rings. The zero-order valence-electron chi connectivity index (χ0n) is 18.3. The van der Waals surface area contributed by atoms with E-state index in [0.717, 1.165) is 33.4 Å². The van der Waals surface area contributed by atoms with E-state index in [2.05, 4.69) is 15.3 Å². The van der Waals surface area contributed by atoms with Crippen LogP contribution in [0.1, 0.15) is 29.5 Å². The fourth-order valence-corrected chi connectivity index (χ4v) is 4.26. The number of nitro benzene ring substituents is 1. The summed E-state index contributed by atoms with van der Waals surface area (Å²) in [5.41, 5.74) is 5.31. The molecule has 0 spiro atoms. The number of H-pyrrole nitrogens is 1. The van der Waals surface area contributed by atoms with Crippen LogP contribution in [0.15, 0.2) is 54.7 Å². The minimum Gasteiger partial charge on any atom is -0.353 e. The van der Waals surface area contributed by atoms with Crippen LogP contribution in [0.5, 0.6) is 0 Å². The molecule has 1 amide bonds. The standard InChI is InChI=1S/C25H23ClN4O3/c1-15-12-16(2)24(22(13-15)30(32)33)29-23(31)8-5-6-18-19-14-17(26)9-10-20(19)28-25(18)21-7-3-4-11-27-21/h3-4,7,9-14,28H,5-6,8H2,1-2H3,(H,29,31). The number of anilines is 1. The zero-order valence-corrected chi connectivity index (χ0v) is 19.1. The van der Waals surface area contributed by atoms with Gasteiger partial charge in [-0.3, -0.25) is 19.9 Å². The molecule has 0 aliphatic heterocycles. The predicted molar refractivity (Wildman–Crippen MR) is 131 cm³/mol. The van der Waals surface area contributed by atoms with Gasteiger partial charge in [-0.1, -0.05) is 23.7 Å². The Morgan fingerprint density at radius 1 is 1.18 bits per heavy atom. The molecule has 0 unspecified atom stereocenters. The lowest BCUT2D eigenvalue weighted by Crippen LogP contribution is -2.14. The van der Waals surface area contributed by atoms with Gasteiger partial charge >= 0.3 is 0 Å². The van der Waals surface area contributed by atoms with E-state index in [-0.39, 0.29) is 23.7 Å². The molecule has 0 radical (unpaired) electrons. The maximum Gasteiger partial charge on any atom is 0.293 e. The quantitative estimate of drug-likeness (QED) is 0.246. The molecule has 0 atom stereocenters. The molecule has 4 rings (SSSR count). The molecule has 2 heterocycles. The van der Waals surface area contributed by atoms with Crippen molar-refractivity contribution in [3.8, 4) is 11.4 Å². The van der Waals surface area contributed by atoms with Crippen LogP contribution in [0, 0.1) is 24.0 Å². The number of benzene rings is 2. The molecular formula is C25H23ClN4O3. The van der Waals surface area contributed by atoms with Crippen molar-refractivity contribution in [2.75, 3.05) is 5.32 Å². The van der Waals surface area contributed by atoms with Gasteiger partial charge in [0.15, 0.2) is 0 Å². The van der Waals surface area contributed by atoms with Crippen molar-refractivity contribution in [3.05, 3.63) is 86.6 Å². The highest BCUT2D eigenvalue weighted by Crippen LogP contribution is 2.33. The number of nitro groups is 1. The van der Waals surface area contributed by atoms with Crippen LogP contribution in [0.4, 0.5) is 11.4 Å². The number of fused-ring (bicyclic) bond motifs is 1. The molecule has 0 bridgehead atoms. The number of aromatic nitrogens is 2. The van der Waals surface area contributed by atoms with Gasteiger partial charge in [0.1, 0.15) is 5.69 Å². The Morgan fingerprint density at radius 2 is 2.00 bits per heavy atom. The second kappa shape index (κ2) is 9.42. The average Bonchev–Trinajstić information content (AvgIpc) is 3.13. The molecule has 168 valence electrons. The van der Waals surface area contributed by atoms with Gasteiger partial charge in [-0.2, -0.15) is 0 Å². The van der Waals surface area contributed by atoms with E-state index < -0.39 is 4.92 Å². The third-order valence-corrected chi connectivity index (χ3v) is 5.78. The summed E-state index contributed by atoms with van der Waals surface area (Å²) in [6.45, 7) is 3.54. The molecule has 2 aromatic carbocycles. The minimum absolute atomic E-state index is 0.0930. The third kappa shape index (κ3) is 4.88. The molecule has 2 N–H and O–H groups in total. The van der Waals surface area contributed by atoms with Gasteiger partial charge in [0.25, 0.3) is 5.69 Å². The molecule has 0 saturated heterocycles. The van der Waals surface area contributed by atoms with Gasteiger partial charge in [-0.15, -0.1) is 0 Å². The lowest BCUT2D eigenvalue weighted by molar-refractivity contribution is -0.384. The van der Waals surface area contributed by atoms with E-state index in [0.29, 0.717) is 23.4 Å². The lowest BCUT2D eigenvalue weighted by Gasteiger charge is -2.10. The van der Waals surface area contributed by atoms with Crippen LogP contribution < -0.4 is 5.32 Å². The monoisotopic (exact) mass is 462 g/mol. The summed E-state index contributed by atoms with van der Waals surface area (Å²) in [5, 5.41) is 15.8. The van der Waals surface area contributed by atoms with Crippen LogP contribution in [0.3, 0.4) is 0 Å². The van der Waals surface area contributed by atoms with Crippen molar-refractivity contribution in [2.24, 2.45) is 0 Å². The van der Waals surface area contributed by atoms with E-state index in [9.17, 15) is 14.9 Å². The third-order valence-electron chi connectivity index (χ3n) is 5.54. The SMILES string of the molecule is Cc1cc(C)c(NC(=O)CCCc2c(-c3ccccn3)[nH]c3ccc(Cl)cc23)c([N+](=O)[O-])c1. The summed E-state index contributed by atoms with van der Waals surface area (Å²) in [6.07, 6.45) is 3.14. The topological polar surface area (TPSA) is 101 Å². The Bertz CT molecular complexity index is 1350. The minimum atomic E-state index is -0.468. The summed E-state index contributed by atoms with van der Waals surface area (Å²) >= 11 is 6.24.